The van der Waals surface area contributed by atoms with E-state index in [0.717, 1.165) is 23.4 Å². The average Bonchev–Trinajstić information content (AvgIpc) is 2.70. The fraction of sp³-hybridized carbons (Fsp3) is 0.200. The first-order valence-corrected chi connectivity index (χ1v) is 4.46. The number of anilines is 1. The number of rotatable bonds is 2. The van der Waals surface area contributed by atoms with Gasteiger partial charge in [0.1, 0.15) is 17.8 Å². The molecule has 0 radical (unpaired) electrons. The molecule has 2 heterocycles. The summed E-state index contributed by atoms with van der Waals surface area (Å²) in [4.78, 5) is 8.11. The van der Waals surface area contributed by atoms with Crippen molar-refractivity contribution in [2.45, 2.75) is 13.3 Å². The summed E-state index contributed by atoms with van der Waals surface area (Å²) >= 11 is 0. The fourth-order valence-electron chi connectivity index (χ4n) is 1.40. The van der Waals surface area contributed by atoms with Crippen LogP contribution in [0.1, 0.15) is 12.5 Å². The first-order chi connectivity index (χ1) is 6.83. The molecule has 0 bridgehead atoms. The molecule has 0 aromatic carbocycles. The van der Waals surface area contributed by atoms with Crippen molar-refractivity contribution in [2.75, 3.05) is 5.73 Å². The summed E-state index contributed by atoms with van der Waals surface area (Å²) in [5, 5.41) is 0. The van der Waals surface area contributed by atoms with Crippen LogP contribution in [0.4, 0.5) is 5.82 Å². The van der Waals surface area contributed by atoms with Crippen LogP contribution in [-0.2, 0) is 6.42 Å². The minimum absolute atomic E-state index is 0.522. The van der Waals surface area contributed by atoms with E-state index in [1.165, 1.54) is 6.33 Å². The average molecular weight is 189 g/mol. The largest absolute Gasteiger partial charge is 0.463 e. The second-order valence-corrected chi connectivity index (χ2v) is 2.92. The molecule has 72 valence electrons. The number of nitrogen functional groups attached to an aromatic ring is 1. The Morgan fingerprint density at radius 1 is 1.43 bits per heavy atom. The predicted octanol–water partition coefficient (Wildman–Crippen LogP) is 1.88. The van der Waals surface area contributed by atoms with Crippen LogP contribution in [0.25, 0.3) is 11.5 Å². The third kappa shape index (κ3) is 1.35. The van der Waals surface area contributed by atoms with Crippen LogP contribution in [-0.4, -0.2) is 9.97 Å². The summed E-state index contributed by atoms with van der Waals surface area (Å²) in [6.45, 7) is 2.02. The van der Waals surface area contributed by atoms with Gasteiger partial charge in [0.2, 0.25) is 0 Å². The van der Waals surface area contributed by atoms with Crippen molar-refractivity contribution >= 4 is 5.82 Å². The lowest BCUT2D eigenvalue weighted by molar-refractivity contribution is 0.579. The SMILES string of the molecule is CCc1c(N)ncnc1-c1ccco1. The molecule has 0 aliphatic rings. The first kappa shape index (κ1) is 8.74. The summed E-state index contributed by atoms with van der Waals surface area (Å²) in [5.74, 6) is 1.25. The fourth-order valence-corrected chi connectivity index (χ4v) is 1.40. The van der Waals surface area contributed by atoms with E-state index in [4.69, 9.17) is 10.2 Å². The van der Waals surface area contributed by atoms with Crippen LogP contribution in [0.5, 0.6) is 0 Å². The van der Waals surface area contributed by atoms with Crippen LogP contribution in [0.2, 0.25) is 0 Å². The van der Waals surface area contributed by atoms with E-state index >= 15 is 0 Å². The Balaban J connectivity index is 2.58. The molecule has 0 saturated heterocycles. The van der Waals surface area contributed by atoms with Gasteiger partial charge in [-0.3, -0.25) is 0 Å². The maximum Gasteiger partial charge on any atom is 0.152 e. The third-order valence-electron chi connectivity index (χ3n) is 2.09. The van der Waals surface area contributed by atoms with Crippen molar-refractivity contribution < 1.29 is 4.42 Å². The molecule has 0 fully saturated rings. The highest BCUT2D eigenvalue weighted by Gasteiger charge is 2.10. The summed E-state index contributed by atoms with van der Waals surface area (Å²) < 4.78 is 5.27. The number of aromatic nitrogens is 2. The monoisotopic (exact) mass is 189 g/mol. The molecular formula is C10H11N3O. The van der Waals surface area contributed by atoms with Crippen molar-refractivity contribution in [3.05, 3.63) is 30.3 Å². The molecule has 4 heteroatoms. The number of hydrogen-bond donors (Lipinski definition) is 1. The van der Waals surface area contributed by atoms with E-state index in [1.54, 1.807) is 6.26 Å². The Morgan fingerprint density at radius 2 is 2.29 bits per heavy atom. The van der Waals surface area contributed by atoms with Gasteiger partial charge in [0.25, 0.3) is 0 Å². The van der Waals surface area contributed by atoms with Crippen molar-refractivity contribution in [1.29, 1.82) is 0 Å². The van der Waals surface area contributed by atoms with Gasteiger partial charge in [0.05, 0.1) is 6.26 Å². The van der Waals surface area contributed by atoms with E-state index < -0.39 is 0 Å². The zero-order valence-corrected chi connectivity index (χ0v) is 7.90. The van der Waals surface area contributed by atoms with Gasteiger partial charge in [0.15, 0.2) is 5.76 Å². The molecule has 0 aliphatic heterocycles. The number of nitrogens with zero attached hydrogens (tertiary/aromatic N) is 2. The van der Waals surface area contributed by atoms with Gasteiger partial charge in [-0.15, -0.1) is 0 Å². The lowest BCUT2D eigenvalue weighted by Crippen LogP contribution is -2.00. The lowest BCUT2D eigenvalue weighted by Gasteiger charge is -2.05. The van der Waals surface area contributed by atoms with E-state index in [0.29, 0.717) is 5.82 Å². The molecule has 14 heavy (non-hydrogen) atoms. The third-order valence-corrected chi connectivity index (χ3v) is 2.09. The first-order valence-electron chi connectivity index (χ1n) is 4.46. The highest BCUT2D eigenvalue weighted by molar-refractivity contribution is 5.62. The van der Waals surface area contributed by atoms with E-state index in [9.17, 15) is 0 Å². The normalized spacial score (nSPS) is 10.4. The molecule has 0 atom stereocenters. The Bertz CT molecular complexity index is 423. The van der Waals surface area contributed by atoms with E-state index in [2.05, 4.69) is 9.97 Å². The Hall–Kier alpha value is -1.84. The molecule has 0 aliphatic carbocycles. The molecule has 0 saturated carbocycles. The maximum atomic E-state index is 5.75. The van der Waals surface area contributed by atoms with Crippen molar-refractivity contribution in [2.24, 2.45) is 0 Å². The molecule has 0 spiro atoms. The number of hydrogen-bond acceptors (Lipinski definition) is 4. The second-order valence-electron chi connectivity index (χ2n) is 2.92. The molecule has 4 nitrogen and oxygen atoms in total. The molecular weight excluding hydrogens is 178 g/mol. The van der Waals surface area contributed by atoms with E-state index in [-0.39, 0.29) is 0 Å². The van der Waals surface area contributed by atoms with Crippen LogP contribution in [0, 0.1) is 0 Å². The van der Waals surface area contributed by atoms with Gasteiger partial charge < -0.3 is 10.2 Å². The lowest BCUT2D eigenvalue weighted by atomic mass is 10.1. The van der Waals surface area contributed by atoms with Crippen LogP contribution < -0.4 is 5.73 Å². The van der Waals surface area contributed by atoms with Gasteiger partial charge in [-0.1, -0.05) is 6.92 Å². The molecule has 2 N–H and O–H groups in total. The Morgan fingerprint density at radius 3 is 2.93 bits per heavy atom. The maximum absolute atomic E-state index is 5.75. The zero-order valence-electron chi connectivity index (χ0n) is 7.90. The molecule has 2 aromatic heterocycles. The van der Waals surface area contributed by atoms with Gasteiger partial charge in [-0.05, 0) is 18.6 Å². The van der Waals surface area contributed by atoms with Crippen LogP contribution in [0.15, 0.2) is 29.1 Å². The zero-order chi connectivity index (χ0) is 9.97. The quantitative estimate of drug-likeness (QED) is 0.783. The molecule has 0 unspecified atom stereocenters. The van der Waals surface area contributed by atoms with E-state index in [1.807, 2.05) is 19.1 Å². The minimum Gasteiger partial charge on any atom is -0.463 e. The summed E-state index contributed by atoms with van der Waals surface area (Å²) in [6, 6.07) is 3.69. The molecule has 0 amide bonds. The smallest absolute Gasteiger partial charge is 0.152 e. The standard InChI is InChI=1S/C10H11N3O/c1-2-7-9(8-4-3-5-14-8)12-6-13-10(7)11/h3-6H,2H2,1H3,(H2,11,12,13). The summed E-state index contributed by atoms with van der Waals surface area (Å²) in [5.41, 5.74) is 7.46. The summed E-state index contributed by atoms with van der Waals surface area (Å²) in [6.07, 6.45) is 3.86. The van der Waals surface area contributed by atoms with Crippen molar-refractivity contribution in [3.63, 3.8) is 0 Å². The second kappa shape index (κ2) is 3.49. The minimum atomic E-state index is 0.522. The Labute approximate surface area is 81.8 Å². The predicted molar refractivity (Wildman–Crippen MR) is 53.5 cm³/mol. The highest BCUT2D eigenvalue weighted by Crippen LogP contribution is 2.24. The topological polar surface area (TPSA) is 64.9 Å². The van der Waals surface area contributed by atoms with Gasteiger partial charge in [0, 0.05) is 5.56 Å². The van der Waals surface area contributed by atoms with Crippen LogP contribution >= 0.6 is 0 Å². The van der Waals surface area contributed by atoms with Gasteiger partial charge in [-0.25, -0.2) is 9.97 Å². The molecule has 2 rings (SSSR count). The summed E-state index contributed by atoms with van der Waals surface area (Å²) in [7, 11) is 0. The highest BCUT2D eigenvalue weighted by atomic mass is 16.3. The van der Waals surface area contributed by atoms with Gasteiger partial charge in [-0.2, -0.15) is 0 Å². The van der Waals surface area contributed by atoms with Crippen LogP contribution in [0.3, 0.4) is 0 Å². The molecule has 2 aromatic rings. The van der Waals surface area contributed by atoms with Gasteiger partial charge >= 0.3 is 0 Å². The van der Waals surface area contributed by atoms with Crippen molar-refractivity contribution in [1.82, 2.24) is 9.97 Å². The number of furan rings is 1. The van der Waals surface area contributed by atoms with Crippen molar-refractivity contribution in [3.8, 4) is 11.5 Å². The number of nitrogens with two attached hydrogens (primary N) is 1. The Kier molecular flexibility index (Phi) is 2.18.